The molecule has 1 aromatic carbocycles. The Bertz CT molecular complexity index is 1030. The Morgan fingerprint density at radius 1 is 0.900 bits per heavy atom. The molecule has 5 nitrogen and oxygen atoms in total. The van der Waals surface area contributed by atoms with Crippen LogP contribution >= 0.6 is 0 Å². The molecular weight excluding hydrogens is 370 g/mol. The van der Waals surface area contributed by atoms with Crippen molar-refractivity contribution in [1.82, 2.24) is 14.5 Å². The normalized spacial score (nSPS) is 19.2. The highest BCUT2D eigenvalue weighted by atomic mass is 15.2. The number of nitrogens with zero attached hydrogens (tertiary/aromatic N) is 5. The smallest absolute Gasteiger partial charge is 0.142 e. The summed E-state index contributed by atoms with van der Waals surface area (Å²) < 4.78 is 2.30. The van der Waals surface area contributed by atoms with Crippen molar-refractivity contribution in [2.24, 2.45) is 0 Å². The molecule has 0 saturated carbocycles. The molecule has 5 heteroatoms. The van der Waals surface area contributed by atoms with E-state index in [0.717, 1.165) is 56.0 Å². The fraction of sp³-hybridized carbons (Fsp3) is 0.440. The topological polar surface area (TPSA) is 48.1 Å². The van der Waals surface area contributed by atoms with Crippen molar-refractivity contribution in [1.29, 1.82) is 5.26 Å². The lowest BCUT2D eigenvalue weighted by molar-refractivity contribution is 0.324. The number of anilines is 1. The van der Waals surface area contributed by atoms with Gasteiger partial charge in [-0.05, 0) is 62.5 Å². The molecule has 4 heterocycles. The Morgan fingerprint density at radius 3 is 2.40 bits per heavy atom. The Morgan fingerprint density at radius 2 is 1.67 bits per heavy atom. The van der Waals surface area contributed by atoms with Crippen molar-refractivity contribution in [3.63, 3.8) is 0 Å². The highest BCUT2D eigenvalue weighted by molar-refractivity contribution is 5.78. The van der Waals surface area contributed by atoms with Gasteiger partial charge in [0.15, 0.2) is 0 Å². The second kappa shape index (κ2) is 8.12. The lowest BCUT2D eigenvalue weighted by Gasteiger charge is -2.38. The first-order chi connectivity index (χ1) is 14.8. The highest BCUT2D eigenvalue weighted by Crippen LogP contribution is 2.36. The minimum atomic E-state index is -0.377. The van der Waals surface area contributed by atoms with Crippen LogP contribution < -0.4 is 4.90 Å². The Labute approximate surface area is 178 Å². The zero-order valence-electron chi connectivity index (χ0n) is 17.5. The van der Waals surface area contributed by atoms with Gasteiger partial charge in [-0.2, -0.15) is 5.26 Å². The maximum absolute atomic E-state index is 9.96. The molecule has 0 amide bonds. The monoisotopic (exact) mass is 399 g/mol. The van der Waals surface area contributed by atoms with Crippen LogP contribution in [0.25, 0.3) is 11.0 Å². The minimum Gasteiger partial charge on any atom is -0.356 e. The van der Waals surface area contributed by atoms with Gasteiger partial charge in [0.05, 0.1) is 11.5 Å². The van der Waals surface area contributed by atoms with Crippen molar-refractivity contribution >= 4 is 16.9 Å². The third-order valence-corrected chi connectivity index (χ3v) is 6.93. The number of likely N-dealkylation sites (tertiary alicyclic amines) is 1. The Kier molecular flexibility index (Phi) is 5.18. The predicted octanol–water partition coefficient (Wildman–Crippen LogP) is 4.19. The molecule has 0 bridgehead atoms. The Hall–Kier alpha value is -2.84. The number of hydrogen-bond acceptors (Lipinski definition) is 4. The van der Waals surface area contributed by atoms with Gasteiger partial charge >= 0.3 is 0 Å². The van der Waals surface area contributed by atoms with E-state index in [2.05, 4.69) is 57.0 Å². The average Bonchev–Trinajstić information content (AvgIpc) is 3.48. The van der Waals surface area contributed by atoms with Gasteiger partial charge in [0.25, 0.3) is 0 Å². The maximum Gasteiger partial charge on any atom is 0.142 e. The maximum atomic E-state index is 9.96. The SMILES string of the molecule is N#CC1(c2ccccc2)CCN(c2ccc3ccn(CCN4CCCC4)c3n2)CC1. The molecule has 2 aliphatic heterocycles. The fourth-order valence-electron chi connectivity index (χ4n) is 5.00. The molecule has 2 aromatic heterocycles. The van der Waals surface area contributed by atoms with E-state index in [0.29, 0.717) is 0 Å². The molecule has 0 radical (unpaired) electrons. The number of fused-ring (bicyclic) bond motifs is 1. The van der Waals surface area contributed by atoms with E-state index in [9.17, 15) is 5.26 Å². The van der Waals surface area contributed by atoms with Crippen LogP contribution in [0.4, 0.5) is 5.82 Å². The third kappa shape index (κ3) is 3.57. The largest absolute Gasteiger partial charge is 0.356 e. The molecule has 0 N–H and O–H groups in total. The van der Waals surface area contributed by atoms with Gasteiger partial charge < -0.3 is 14.4 Å². The molecule has 0 aliphatic carbocycles. The van der Waals surface area contributed by atoms with E-state index in [1.165, 1.54) is 31.3 Å². The first kappa shape index (κ1) is 19.1. The van der Waals surface area contributed by atoms with Crippen LogP contribution in [-0.4, -0.2) is 47.2 Å². The fourth-order valence-corrected chi connectivity index (χ4v) is 5.00. The van der Waals surface area contributed by atoms with E-state index in [-0.39, 0.29) is 5.41 Å². The number of hydrogen-bond donors (Lipinski definition) is 0. The van der Waals surface area contributed by atoms with E-state index in [1.807, 2.05) is 18.2 Å². The summed E-state index contributed by atoms with van der Waals surface area (Å²) in [6.45, 7) is 6.26. The van der Waals surface area contributed by atoms with Crippen molar-refractivity contribution in [2.45, 2.75) is 37.6 Å². The van der Waals surface area contributed by atoms with E-state index in [1.54, 1.807) is 0 Å². The molecule has 2 fully saturated rings. The van der Waals surface area contributed by atoms with Crippen molar-refractivity contribution in [3.05, 3.63) is 60.3 Å². The second-order valence-electron chi connectivity index (χ2n) is 8.69. The predicted molar refractivity (Wildman–Crippen MR) is 121 cm³/mol. The Balaban J connectivity index is 1.32. The number of nitriles is 1. The first-order valence-electron chi connectivity index (χ1n) is 11.2. The summed E-state index contributed by atoms with van der Waals surface area (Å²) in [7, 11) is 0. The molecule has 0 atom stereocenters. The summed E-state index contributed by atoms with van der Waals surface area (Å²) in [4.78, 5) is 9.93. The summed E-state index contributed by atoms with van der Waals surface area (Å²) in [5, 5.41) is 11.2. The van der Waals surface area contributed by atoms with Gasteiger partial charge in [-0.25, -0.2) is 4.98 Å². The van der Waals surface area contributed by atoms with Gasteiger partial charge in [-0.15, -0.1) is 0 Å². The lowest BCUT2D eigenvalue weighted by atomic mass is 9.74. The summed E-state index contributed by atoms with van der Waals surface area (Å²) in [5.74, 6) is 1.03. The second-order valence-corrected chi connectivity index (χ2v) is 8.69. The molecule has 3 aromatic rings. The summed E-state index contributed by atoms with van der Waals surface area (Å²) >= 11 is 0. The van der Waals surface area contributed by atoms with Crippen molar-refractivity contribution < 1.29 is 0 Å². The van der Waals surface area contributed by atoms with Gasteiger partial charge in [-0.3, -0.25) is 0 Å². The molecule has 2 saturated heterocycles. The first-order valence-corrected chi connectivity index (χ1v) is 11.2. The van der Waals surface area contributed by atoms with Gasteiger partial charge in [0.2, 0.25) is 0 Å². The van der Waals surface area contributed by atoms with E-state index < -0.39 is 0 Å². The van der Waals surface area contributed by atoms with Crippen LogP contribution in [0.2, 0.25) is 0 Å². The molecular formula is C25H29N5. The molecule has 0 spiro atoms. The number of rotatable bonds is 5. The zero-order valence-corrected chi connectivity index (χ0v) is 17.5. The molecule has 5 rings (SSSR count). The quantitative estimate of drug-likeness (QED) is 0.645. The number of pyridine rings is 1. The third-order valence-electron chi connectivity index (χ3n) is 6.93. The molecule has 0 unspecified atom stereocenters. The van der Waals surface area contributed by atoms with Crippen LogP contribution in [0, 0.1) is 11.3 Å². The number of piperidine rings is 1. The summed E-state index contributed by atoms with van der Waals surface area (Å²) in [6, 6.07) is 19.4. The van der Waals surface area contributed by atoms with Crippen LogP contribution in [0.5, 0.6) is 0 Å². The summed E-state index contributed by atoms with van der Waals surface area (Å²) in [5.41, 5.74) is 1.84. The molecule has 2 aliphatic rings. The van der Waals surface area contributed by atoms with Crippen LogP contribution in [-0.2, 0) is 12.0 Å². The molecule has 30 heavy (non-hydrogen) atoms. The van der Waals surface area contributed by atoms with E-state index >= 15 is 0 Å². The zero-order chi connectivity index (χ0) is 20.4. The van der Waals surface area contributed by atoms with Gasteiger partial charge in [-0.1, -0.05) is 30.3 Å². The minimum absolute atomic E-state index is 0.377. The van der Waals surface area contributed by atoms with E-state index in [4.69, 9.17) is 4.98 Å². The van der Waals surface area contributed by atoms with Crippen LogP contribution in [0.15, 0.2) is 54.7 Å². The standard InChI is InChI=1S/C25H29N5/c26-20-25(22-6-2-1-3-7-22)11-16-29(17-12-25)23-9-8-21-10-15-30(24(21)27-23)19-18-28-13-4-5-14-28/h1-3,6-10,15H,4-5,11-14,16-19H2. The van der Waals surface area contributed by atoms with Crippen LogP contribution in [0.3, 0.4) is 0 Å². The van der Waals surface area contributed by atoms with Gasteiger partial charge in [0, 0.05) is 37.8 Å². The van der Waals surface area contributed by atoms with Gasteiger partial charge in [0.1, 0.15) is 11.5 Å². The van der Waals surface area contributed by atoms with Crippen molar-refractivity contribution in [2.75, 3.05) is 37.6 Å². The summed E-state index contributed by atoms with van der Waals surface area (Å²) in [6.07, 6.45) is 6.50. The lowest BCUT2D eigenvalue weighted by Crippen LogP contribution is -2.42. The van der Waals surface area contributed by atoms with Crippen LogP contribution in [0.1, 0.15) is 31.2 Å². The highest BCUT2D eigenvalue weighted by Gasteiger charge is 2.36. The number of aromatic nitrogens is 2. The molecule has 154 valence electrons. The number of benzene rings is 1. The van der Waals surface area contributed by atoms with Crippen molar-refractivity contribution in [3.8, 4) is 6.07 Å². The average molecular weight is 400 g/mol.